The first kappa shape index (κ1) is 15.4. The highest BCUT2D eigenvalue weighted by Crippen LogP contribution is 2.35. The number of rotatable bonds is 7. The summed E-state index contributed by atoms with van der Waals surface area (Å²) in [5.74, 6) is 0.554. The van der Waals surface area contributed by atoms with E-state index in [1.807, 2.05) is 6.92 Å². The summed E-state index contributed by atoms with van der Waals surface area (Å²) in [4.78, 5) is 1.43. The van der Waals surface area contributed by atoms with Crippen LogP contribution < -0.4 is 5.32 Å². The van der Waals surface area contributed by atoms with Crippen LogP contribution in [0.5, 0.6) is 0 Å². The summed E-state index contributed by atoms with van der Waals surface area (Å²) in [6, 6.07) is 1.77. The minimum Gasteiger partial charge on any atom is -0.312 e. The average molecular weight is 367 g/mol. The fourth-order valence-electron chi connectivity index (χ4n) is 1.84. The van der Waals surface area contributed by atoms with Crippen molar-refractivity contribution in [2.75, 3.05) is 20.1 Å². The smallest absolute Gasteiger partial charge is 0.244 e. The molecule has 0 bridgehead atoms. The van der Waals surface area contributed by atoms with Gasteiger partial charge in [0.15, 0.2) is 0 Å². The molecule has 0 aliphatic heterocycles. The molecule has 0 radical (unpaired) electrons. The van der Waals surface area contributed by atoms with Crippen molar-refractivity contribution in [2.45, 2.75) is 31.2 Å². The minimum absolute atomic E-state index is 0.397. The average Bonchev–Trinajstić information content (AvgIpc) is 3.08. The Morgan fingerprint density at radius 3 is 2.79 bits per heavy atom. The molecule has 108 valence electrons. The van der Waals surface area contributed by atoms with Gasteiger partial charge in [0.25, 0.3) is 0 Å². The number of nitrogens with zero attached hydrogens (tertiary/aromatic N) is 1. The summed E-state index contributed by atoms with van der Waals surface area (Å²) < 4.78 is 27.1. The standard InChI is InChI=1S/C12H19BrN2O2S2/c1-3-14-7-10-6-11(12(13)18-10)19(16,17)15(2)8-9-4-5-9/h6,9,14H,3-5,7-8H2,1-2H3. The Bertz CT molecular complexity index is 538. The zero-order chi connectivity index (χ0) is 14.0. The van der Waals surface area contributed by atoms with Gasteiger partial charge in [0, 0.05) is 25.0 Å². The Morgan fingerprint density at radius 2 is 2.21 bits per heavy atom. The summed E-state index contributed by atoms with van der Waals surface area (Å²) >= 11 is 4.86. The molecule has 0 spiro atoms. The number of sulfonamides is 1. The van der Waals surface area contributed by atoms with E-state index >= 15 is 0 Å². The second-order valence-electron chi connectivity index (χ2n) is 4.86. The normalized spacial score (nSPS) is 16.2. The van der Waals surface area contributed by atoms with Crippen molar-refractivity contribution < 1.29 is 8.42 Å². The molecule has 0 atom stereocenters. The predicted molar refractivity (Wildman–Crippen MR) is 81.9 cm³/mol. The second-order valence-corrected chi connectivity index (χ2v) is 9.33. The van der Waals surface area contributed by atoms with E-state index < -0.39 is 10.0 Å². The van der Waals surface area contributed by atoms with Crippen molar-refractivity contribution in [2.24, 2.45) is 5.92 Å². The molecule has 1 aliphatic carbocycles. The molecule has 0 amide bonds. The first-order valence-electron chi connectivity index (χ1n) is 6.40. The van der Waals surface area contributed by atoms with Crippen LogP contribution in [0.4, 0.5) is 0 Å². The summed E-state index contributed by atoms with van der Waals surface area (Å²) in [5.41, 5.74) is 0. The SMILES string of the molecule is CCNCc1cc(S(=O)(=O)N(C)CC2CC2)c(Br)s1. The minimum atomic E-state index is -3.36. The van der Waals surface area contributed by atoms with Gasteiger partial charge < -0.3 is 5.32 Å². The van der Waals surface area contributed by atoms with Crippen LogP contribution in [0.15, 0.2) is 14.7 Å². The summed E-state index contributed by atoms with van der Waals surface area (Å²) in [7, 11) is -1.69. The van der Waals surface area contributed by atoms with Crippen LogP contribution in [0.1, 0.15) is 24.6 Å². The number of thiophene rings is 1. The van der Waals surface area contributed by atoms with Gasteiger partial charge in [0.2, 0.25) is 10.0 Å². The summed E-state index contributed by atoms with van der Waals surface area (Å²) in [6.45, 7) is 4.25. The van der Waals surface area contributed by atoms with Crippen LogP contribution >= 0.6 is 27.3 Å². The quantitative estimate of drug-likeness (QED) is 0.806. The third-order valence-electron chi connectivity index (χ3n) is 3.16. The molecule has 1 aromatic heterocycles. The van der Waals surface area contributed by atoms with E-state index in [-0.39, 0.29) is 0 Å². The number of halogens is 1. The Morgan fingerprint density at radius 1 is 1.53 bits per heavy atom. The van der Waals surface area contributed by atoms with Crippen LogP contribution in [0.25, 0.3) is 0 Å². The Kier molecular flexibility index (Phi) is 5.05. The lowest BCUT2D eigenvalue weighted by atomic mass is 10.4. The second kappa shape index (κ2) is 6.22. The van der Waals surface area contributed by atoms with Gasteiger partial charge in [-0.25, -0.2) is 12.7 Å². The van der Waals surface area contributed by atoms with Gasteiger partial charge in [0.05, 0.1) is 3.79 Å². The fourth-order valence-corrected chi connectivity index (χ4v) is 5.68. The van der Waals surface area contributed by atoms with Gasteiger partial charge in [-0.05, 0) is 47.3 Å². The molecular formula is C12H19BrN2O2S2. The van der Waals surface area contributed by atoms with Crippen LogP contribution in [-0.2, 0) is 16.6 Å². The van der Waals surface area contributed by atoms with Crippen LogP contribution in [-0.4, -0.2) is 32.9 Å². The van der Waals surface area contributed by atoms with E-state index in [1.165, 1.54) is 15.6 Å². The lowest BCUT2D eigenvalue weighted by Crippen LogP contribution is -2.28. The topological polar surface area (TPSA) is 49.4 Å². The number of hydrogen-bond acceptors (Lipinski definition) is 4. The molecule has 19 heavy (non-hydrogen) atoms. The van der Waals surface area contributed by atoms with Crippen LogP contribution in [0.2, 0.25) is 0 Å². The lowest BCUT2D eigenvalue weighted by Gasteiger charge is -2.16. The van der Waals surface area contributed by atoms with E-state index in [1.54, 1.807) is 13.1 Å². The van der Waals surface area contributed by atoms with Crippen LogP contribution in [0, 0.1) is 5.92 Å². The monoisotopic (exact) mass is 366 g/mol. The molecule has 1 aromatic rings. The van der Waals surface area contributed by atoms with Gasteiger partial charge >= 0.3 is 0 Å². The van der Waals surface area contributed by atoms with Crippen molar-refractivity contribution in [1.82, 2.24) is 9.62 Å². The molecule has 0 saturated heterocycles. The third-order valence-corrected chi connectivity index (χ3v) is 7.23. The largest absolute Gasteiger partial charge is 0.312 e. The molecule has 2 rings (SSSR count). The molecule has 7 heteroatoms. The molecule has 1 heterocycles. The fraction of sp³-hybridized carbons (Fsp3) is 0.667. The highest BCUT2D eigenvalue weighted by molar-refractivity contribution is 9.11. The maximum Gasteiger partial charge on any atom is 0.244 e. The zero-order valence-corrected chi connectivity index (χ0v) is 14.4. The molecule has 1 aliphatic rings. The van der Waals surface area contributed by atoms with Crippen molar-refractivity contribution in [3.8, 4) is 0 Å². The molecule has 1 fully saturated rings. The van der Waals surface area contributed by atoms with Crippen molar-refractivity contribution in [3.63, 3.8) is 0 Å². The predicted octanol–water partition coefficient (Wildman–Crippen LogP) is 2.65. The van der Waals surface area contributed by atoms with Gasteiger partial charge in [-0.15, -0.1) is 11.3 Å². The lowest BCUT2D eigenvalue weighted by molar-refractivity contribution is 0.453. The molecule has 0 aromatic carbocycles. The molecule has 1 N–H and O–H groups in total. The van der Waals surface area contributed by atoms with E-state index in [0.717, 1.165) is 24.3 Å². The Balaban J connectivity index is 2.16. The van der Waals surface area contributed by atoms with Crippen molar-refractivity contribution >= 4 is 37.3 Å². The number of nitrogens with one attached hydrogen (secondary N) is 1. The van der Waals surface area contributed by atoms with Crippen molar-refractivity contribution in [3.05, 3.63) is 14.7 Å². The zero-order valence-electron chi connectivity index (χ0n) is 11.1. The maximum atomic E-state index is 12.5. The van der Waals surface area contributed by atoms with E-state index in [2.05, 4.69) is 21.2 Å². The first-order valence-corrected chi connectivity index (χ1v) is 9.45. The van der Waals surface area contributed by atoms with Crippen LogP contribution in [0.3, 0.4) is 0 Å². The molecule has 0 unspecified atom stereocenters. The third kappa shape index (κ3) is 3.78. The maximum absolute atomic E-state index is 12.5. The summed E-state index contributed by atoms with van der Waals surface area (Å²) in [6.07, 6.45) is 2.30. The first-order chi connectivity index (χ1) is 8.95. The van der Waals surface area contributed by atoms with Gasteiger partial charge in [-0.1, -0.05) is 6.92 Å². The van der Waals surface area contributed by atoms with E-state index in [9.17, 15) is 8.42 Å². The Labute approximate surface area is 127 Å². The van der Waals surface area contributed by atoms with E-state index in [4.69, 9.17) is 0 Å². The molecular weight excluding hydrogens is 348 g/mol. The van der Waals surface area contributed by atoms with Crippen molar-refractivity contribution in [1.29, 1.82) is 0 Å². The van der Waals surface area contributed by atoms with Gasteiger partial charge in [-0.2, -0.15) is 0 Å². The number of hydrogen-bond donors (Lipinski definition) is 1. The molecule has 4 nitrogen and oxygen atoms in total. The van der Waals surface area contributed by atoms with Gasteiger partial charge in [0.1, 0.15) is 4.90 Å². The Hall–Kier alpha value is 0.0500. The van der Waals surface area contributed by atoms with Gasteiger partial charge in [-0.3, -0.25) is 0 Å². The molecule has 1 saturated carbocycles. The summed E-state index contributed by atoms with van der Waals surface area (Å²) in [5, 5.41) is 3.21. The highest BCUT2D eigenvalue weighted by atomic mass is 79.9. The highest BCUT2D eigenvalue weighted by Gasteiger charge is 2.31. The van der Waals surface area contributed by atoms with E-state index in [0.29, 0.717) is 27.7 Å².